The van der Waals surface area contributed by atoms with E-state index in [4.69, 9.17) is 19.9 Å². The number of hydrogen-bond acceptors (Lipinski definition) is 6. The van der Waals surface area contributed by atoms with Crippen LogP contribution in [0.1, 0.15) is 48.4 Å². The summed E-state index contributed by atoms with van der Waals surface area (Å²) < 4.78 is 17.2. The molecule has 0 heterocycles. The first kappa shape index (κ1) is 26.7. The van der Waals surface area contributed by atoms with Gasteiger partial charge in [0, 0.05) is 18.5 Å². The maximum absolute atomic E-state index is 11.1. The SMILES string of the molecule is CCCN(C)CCOc1ccc(Cc2c(-c3c(O)ccc4c3CCCC4)cc(OC)c(OC)c2N)cc1. The number of aromatic hydroxyl groups is 1. The Morgan fingerprint density at radius 1 is 0.973 bits per heavy atom. The molecule has 6 heteroatoms. The smallest absolute Gasteiger partial charge is 0.184 e. The molecule has 0 atom stereocenters. The van der Waals surface area contributed by atoms with Gasteiger partial charge in [0.25, 0.3) is 0 Å². The molecule has 6 nitrogen and oxygen atoms in total. The molecule has 0 bridgehead atoms. The number of anilines is 1. The second-order valence-corrected chi connectivity index (χ2v) is 9.83. The van der Waals surface area contributed by atoms with E-state index in [1.54, 1.807) is 20.3 Å². The number of aryl methyl sites for hydroxylation is 1. The summed E-state index contributed by atoms with van der Waals surface area (Å²) in [5.74, 6) is 2.19. The molecule has 0 aromatic heterocycles. The van der Waals surface area contributed by atoms with Crippen molar-refractivity contribution in [1.82, 2.24) is 4.90 Å². The van der Waals surface area contributed by atoms with Gasteiger partial charge in [0.15, 0.2) is 11.5 Å². The Labute approximate surface area is 221 Å². The van der Waals surface area contributed by atoms with E-state index < -0.39 is 0 Å². The molecule has 0 unspecified atom stereocenters. The van der Waals surface area contributed by atoms with E-state index in [1.165, 1.54) is 17.5 Å². The van der Waals surface area contributed by atoms with Crippen molar-refractivity contribution in [2.45, 2.75) is 45.4 Å². The quantitative estimate of drug-likeness (QED) is 0.319. The standard InChI is InChI=1S/C31H40N2O4/c1-5-16-33(2)17-18-37-23-13-10-21(11-14-23)19-26-25(20-28(35-3)31(36-4)30(26)32)29-24-9-7-6-8-22(24)12-15-27(29)34/h10-15,20,34H,5-9,16-19,32H2,1-4H3. The third kappa shape index (κ3) is 5.96. The number of nitrogens with two attached hydrogens (primary N) is 1. The number of nitrogens with zero attached hydrogens (tertiary/aromatic N) is 1. The van der Waals surface area contributed by atoms with Crippen LogP contribution in [0.25, 0.3) is 11.1 Å². The minimum Gasteiger partial charge on any atom is -0.507 e. The highest BCUT2D eigenvalue weighted by molar-refractivity contribution is 5.85. The van der Waals surface area contributed by atoms with Crippen LogP contribution in [0.15, 0.2) is 42.5 Å². The minimum absolute atomic E-state index is 0.269. The number of phenolic OH excluding ortho intramolecular Hbond substituents is 1. The van der Waals surface area contributed by atoms with Crippen LogP contribution in [0.2, 0.25) is 0 Å². The minimum atomic E-state index is 0.269. The molecule has 0 radical (unpaired) electrons. The van der Waals surface area contributed by atoms with E-state index in [9.17, 15) is 5.11 Å². The molecular weight excluding hydrogens is 464 g/mol. The number of likely N-dealkylation sites (N-methyl/N-ethyl adjacent to an activating group) is 1. The van der Waals surface area contributed by atoms with Crippen LogP contribution in [0.4, 0.5) is 5.69 Å². The Kier molecular flexibility index (Phi) is 8.82. The van der Waals surface area contributed by atoms with Gasteiger partial charge in [0.05, 0.1) is 19.9 Å². The lowest BCUT2D eigenvalue weighted by atomic mass is 9.83. The van der Waals surface area contributed by atoms with Gasteiger partial charge in [-0.3, -0.25) is 0 Å². The van der Waals surface area contributed by atoms with Gasteiger partial charge in [0.2, 0.25) is 0 Å². The normalized spacial score (nSPS) is 12.9. The number of methoxy groups -OCH3 is 2. The number of phenols is 1. The summed E-state index contributed by atoms with van der Waals surface area (Å²) in [5.41, 5.74) is 13.5. The van der Waals surface area contributed by atoms with E-state index in [0.717, 1.165) is 66.8 Å². The zero-order chi connectivity index (χ0) is 26.4. The van der Waals surface area contributed by atoms with Crippen molar-refractivity contribution in [3.05, 3.63) is 64.7 Å². The fraction of sp³-hybridized carbons (Fsp3) is 0.419. The van der Waals surface area contributed by atoms with Crippen molar-refractivity contribution in [2.75, 3.05) is 46.7 Å². The molecule has 0 amide bonds. The molecule has 0 fully saturated rings. The van der Waals surface area contributed by atoms with Gasteiger partial charge in [-0.15, -0.1) is 0 Å². The number of ether oxygens (including phenoxy) is 3. The molecule has 3 aromatic carbocycles. The zero-order valence-electron chi connectivity index (χ0n) is 22.6. The first-order chi connectivity index (χ1) is 18.0. The molecule has 198 valence electrons. The molecule has 0 saturated heterocycles. The van der Waals surface area contributed by atoms with E-state index >= 15 is 0 Å². The molecule has 37 heavy (non-hydrogen) atoms. The van der Waals surface area contributed by atoms with E-state index in [0.29, 0.717) is 30.2 Å². The molecule has 4 rings (SSSR count). The van der Waals surface area contributed by atoms with E-state index in [1.807, 2.05) is 18.2 Å². The maximum atomic E-state index is 11.1. The largest absolute Gasteiger partial charge is 0.507 e. The summed E-state index contributed by atoms with van der Waals surface area (Å²) in [5, 5.41) is 11.1. The van der Waals surface area contributed by atoms with Crippen LogP contribution < -0.4 is 19.9 Å². The number of hydrogen-bond donors (Lipinski definition) is 2. The van der Waals surface area contributed by atoms with Gasteiger partial charge in [-0.2, -0.15) is 0 Å². The molecule has 1 aliphatic carbocycles. The Morgan fingerprint density at radius 3 is 2.43 bits per heavy atom. The highest BCUT2D eigenvalue weighted by Crippen LogP contribution is 2.47. The summed E-state index contributed by atoms with van der Waals surface area (Å²) in [6.07, 6.45) is 5.96. The molecular formula is C31H40N2O4. The van der Waals surface area contributed by atoms with E-state index in [-0.39, 0.29) is 5.75 Å². The Bertz CT molecular complexity index is 1210. The fourth-order valence-electron chi connectivity index (χ4n) is 5.31. The first-order valence-electron chi connectivity index (χ1n) is 13.2. The Balaban J connectivity index is 1.68. The van der Waals surface area contributed by atoms with Crippen LogP contribution in [0, 0.1) is 0 Å². The van der Waals surface area contributed by atoms with Crippen molar-refractivity contribution < 1.29 is 19.3 Å². The molecule has 0 saturated carbocycles. The number of fused-ring (bicyclic) bond motifs is 1. The van der Waals surface area contributed by atoms with Gasteiger partial charge in [-0.25, -0.2) is 0 Å². The van der Waals surface area contributed by atoms with Crippen LogP contribution >= 0.6 is 0 Å². The van der Waals surface area contributed by atoms with Crippen LogP contribution in [0.5, 0.6) is 23.0 Å². The highest BCUT2D eigenvalue weighted by Gasteiger charge is 2.24. The highest BCUT2D eigenvalue weighted by atomic mass is 16.5. The summed E-state index contributed by atoms with van der Waals surface area (Å²) in [7, 11) is 5.33. The second-order valence-electron chi connectivity index (χ2n) is 9.83. The monoisotopic (exact) mass is 504 g/mol. The van der Waals surface area contributed by atoms with Crippen LogP contribution in [0.3, 0.4) is 0 Å². The number of benzene rings is 3. The van der Waals surface area contributed by atoms with Gasteiger partial charge in [0.1, 0.15) is 18.1 Å². The molecule has 1 aliphatic rings. The third-order valence-electron chi connectivity index (χ3n) is 7.25. The summed E-state index contributed by atoms with van der Waals surface area (Å²) in [4.78, 5) is 2.27. The predicted molar refractivity (Wildman–Crippen MR) is 150 cm³/mol. The number of rotatable bonds is 11. The van der Waals surface area contributed by atoms with Crippen molar-refractivity contribution in [2.24, 2.45) is 0 Å². The summed E-state index contributed by atoms with van der Waals surface area (Å²) >= 11 is 0. The Morgan fingerprint density at radius 2 is 1.73 bits per heavy atom. The average molecular weight is 505 g/mol. The van der Waals surface area contributed by atoms with Gasteiger partial charge >= 0.3 is 0 Å². The average Bonchev–Trinajstić information content (AvgIpc) is 2.91. The van der Waals surface area contributed by atoms with Gasteiger partial charge < -0.3 is 30.0 Å². The van der Waals surface area contributed by atoms with Crippen molar-refractivity contribution in [1.29, 1.82) is 0 Å². The topological polar surface area (TPSA) is 77.2 Å². The fourth-order valence-corrected chi connectivity index (χ4v) is 5.31. The predicted octanol–water partition coefficient (Wildman–Crippen LogP) is 5.85. The molecule has 3 N–H and O–H groups in total. The lowest BCUT2D eigenvalue weighted by Crippen LogP contribution is -2.24. The molecule has 0 aliphatic heterocycles. The molecule has 3 aromatic rings. The summed E-state index contributed by atoms with van der Waals surface area (Å²) in [6, 6.07) is 14.0. The lowest BCUT2D eigenvalue weighted by Gasteiger charge is -2.24. The lowest BCUT2D eigenvalue weighted by molar-refractivity contribution is 0.237. The van der Waals surface area contributed by atoms with Crippen molar-refractivity contribution in [3.8, 4) is 34.1 Å². The van der Waals surface area contributed by atoms with Crippen LogP contribution in [-0.2, 0) is 19.3 Å². The molecule has 0 spiro atoms. The summed E-state index contributed by atoms with van der Waals surface area (Å²) in [6.45, 7) is 4.80. The van der Waals surface area contributed by atoms with Crippen LogP contribution in [-0.4, -0.2) is 51.0 Å². The van der Waals surface area contributed by atoms with E-state index in [2.05, 4.69) is 37.1 Å². The Hall–Kier alpha value is -3.38. The van der Waals surface area contributed by atoms with Gasteiger partial charge in [-0.1, -0.05) is 25.1 Å². The van der Waals surface area contributed by atoms with Crippen molar-refractivity contribution >= 4 is 5.69 Å². The third-order valence-corrected chi connectivity index (χ3v) is 7.25. The maximum Gasteiger partial charge on any atom is 0.184 e. The first-order valence-corrected chi connectivity index (χ1v) is 13.2. The zero-order valence-corrected chi connectivity index (χ0v) is 22.6. The number of nitrogen functional groups attached to an aromatic ring is 1. The second kappa shape index (κ2) is 12.2. The van der Waals surface area contributed by atoms with Gasteiger partial charge in [-0.05, 0) is 97.8 Å². The van der Waals surface area contributed by atoms with Crippen molar-refractivity contribution in [3.63, 3.8) is 0 Å².